The summed E-state index contributed by atoms with van der Waals surface area (Å²) in [5.41, 5.74) is 0. The molecule has 1 aliphatic rings. The van der Waals surface area contributed by atoms with E-state index < -0.39 is 10.0 Å². The van der Waals surface area contributed by atoms with Crippen molar-refractivity contribution in [1.82, 2.24) is 14.5 Å². The highest BCUT2D eigenvalue weighted by Crippen LogP contribution is 2.06. The van der Waals surface area contributed by atoms with Gasteiger partial charge < -0.3 is 9.80 Å². The summed E-state index contributed by atoms with van der Waals surface area (Å²) in [4.78, 5) is 4.99. The van der Waals surface area contributed by atoms with Crippen molar-refractivity contribution in [3.8, 4) is 0 Å². The van der Waals surface area contributed by atoms with Gasteiger partial charge in [-0.3, -0.25) is 0 Å². The standard InChI is InChI=1S/C14H22N3O2S/c1-16-10-12-17(13-11-16)9-5-8-15-20(18,19)14-6-3-2-4-7-14/h3-4,6-7,15H,5,8-13H2,1H3. The summed E-state index contributed by atoms with van der Waals surface area (Å²) in [5.74, 6) is 0. The lowest BCUT2D eigenvalue weighted by Gasteiger charge is -2.32. The van der Waals surface area contributed by atoms with Crippen molar-refractivity contribution in [2.75, 3.05) is 46.3 Å². The van der Waals surface area contributed by atoms with Gasteiger partial charge in [-0.25, -0.2) is 13.1 Å². The van der Waals surface area contributed by atoms with Gasteiger partial charge in [0.15, 0.2) is 0 Å². The van der Waals surface area contributed by atoms with Crippen LogP contribution in [0.5, 0.6) is 0 Å². The van der Waals surface area contributed by atoms with Crippen LogP contribution < -0.4 is 4.72 Å². The Kier molecular flexibility index (Phi) is 5.54. The lowest BCUT2D eigenvalue weighted by Crippen LogP contribution is -2.45. The van der Waals surface area contributed by atoms with Gasteiger partial charge in [-0.1, -0.05) is 12.1 Å². The number of nitrogens with one attached hydrogen (secondary N) is 1. The summed E-state index contributed by atoms with van der Waals surface area (Å²) < 4.78 is 26.6. The fourth-order valence-corrected chi connectivity index (χ4v) is 3.29. The second-order valence-corrected chi connectivity index (χ2v) is 6.90. The molecule has 20 heavy (non-hydrogen) atoms. The Morgan fingerprint density at radius 1 is 1.20 bits per heavy atom. The highest BCUT2D eigenvalue weighted by atomic mass is 32.2. The minimum atomic E-state index is -3.37. The van der Waals surface area contributed by atoms with Crippen LogP contribution in [0.1, 0.15) is 6.42 Å². The number of likely N-dealkylation sites (N-methyl/N-ethyl adjacent to an activating group) is 1. The molecule has 1 heterocycles. The molecule has 0 amide bonds. The third-order valence-corrected chi connectivity index (χ3v) is 5.01. The van der Waals surface area contributed by atoms with Gasteiger partial charge in [0.2, 0.25) is 10.0 Å². The van der Waals surface area contributed by atoms with Crippen molar-refractivity contribution in [3.05, 3.63) is 30.3 Å². The van der Waals surface area contributed by atoms with Crippen LogP contribution in [-0.2, 0) is 10.0 Å². The maximum Gasteiger partial charge on any atom is 0.240 e. The molecule has 0 atom stereocenters. The summed E-state index contributed by atoms with van der Waals surface area (Å²) in [6.07, 6.45) is 0.835. The molecule has 0 unspecified atom stereocenters. The quantitative estimate of drug-likeness (QED) is 0.772. The van der Waals surface area contributed by atoms with E-state index in [0.717, 1.165) is 39.1 Å². The Bertz CT molecular complexity index is 496. The Morgan fingerprint density at radius 2 is 1.85 bits per heavy atom. The van der Waals surface area contributed by atoms with Gasteiger partial charge in [0, 0.05) is 32.7 Å². The zero-order valence-electron chi connectivity index (χ0n) is 11.9. The predicted molar refractivity (Wildman–Crippen MR) is 79.0 cm³/mol. The van der Waals surface area contributed by atoms with E-state index in [1.807, 2.05) is 0 Å². The Morgan fingerprint density at radius 3 is 2.50 bits per heavy atom. The minimum Gasteiger partial charge on any atom is -0.304 e. The number of benzene rings is 1. The average Bonchev–Trinajstić information content (AvgIpc) is 2.46. The third-order valence-electron chi connectivity index (χ3n) is 3.54. The molecule has 2 rings (SSSR count). The van der Waals surface area contributed by atoms with E-state index >= 15 is 0 Å². The smallest absolute Gasteiger partial charge is 0.240 e. The fraction of sp³-hybridized carbons (Fsp3) is 0.571. The first-order chi connectivity index (χ1) is 9.58. The molecule has 5 nitrogen and oxygen atoms in total. The molecular formula is C14H22N3O2S. The van der Waals surface area contributed by atoms with Crippen molar-refractivity contribution in [2.45, 2.75) is 11.3 Å². The Labute approximate surface area is 121 Å². The molecular weight excluding hydrogens is 274 g/mol. The van der Waals surface area contributed by atoms with Crippen molar-refractivity contribution in [1.29, 1.82) is 0 Å². The topological polar surface area (TPSA) is 52.6 Å². The van der Waals surface area contributed by atoms with Crippen LogP contribution in [0.4, 0.5) is 0 Å². The molecule has 0 saturated carbocycles. The molecule has 0 aliphatic carbocycles. The highest BCUT2D eigenvalue weighted by molar-refractivity contribution is 7.89. The summed E-state index contributed by atoms with van der Waals surface area (Å²) in [6, 6.07) is 9.15. The van der Waals surface area contributed by atoms with Crippen LogP contribution in [0.15, 0.2) is 29.2 Å². The van der Waals surface area contributed by atoms with Gasteiger partial charge in [0.1, 0.15) is 0 Å². The maximum absolute atomic E-state index is 12.0. The van der Waals surface area contributed by atoms with Crippen molar-refractivity contribution in [3.63, 3.8) is 0 Å². The van der Waals surface area contributed by atoms with E-state index in [4.69, 9.17) is 0 Å². The van der Waals surface area contributed by atoms with Crippen molar-refractivity contribution in [2.24, 2.45) is 0 Å². The zero-order chi connectivity index (χ0) is 14.4. The second kappa shape index (κ2) is 7.17. The van der Waals surface area contributed by atoms with Crippen molar-refractivity contribution < 1.29 is 8.42 Å². The SMILES string of the molecule is CN1CCN(CCCNS(=O)(=O)c2cc[c]cc2)CC1. The first kappa shape index (κ1) is 15.4. The van der Waals surface area contributed by atoms with E-state index in [1.54, 1.807) is 24.3 Å². The predicted octanol–water partition coefficient (Wildman–Crippen LogP) is 0.403. The lowest BCUT2D eigenvalue weighted by molar-refractivity contribution is 0.153. The van der Waals surface area contributed by atoms with Gasteiger partial charge in [-0.15, -0.1) is 0 Å². The molecule has 0 bridgehead atoms. The van der Waals surface area contributed by atoms with E-state index in [-0.39, 0.29) is 0 Å². The first-order valence-corrected chi connectivity index (χ1v) is 8.43. The first-order valence-electron chi connectivity index (χ1n) is 6.94. The van der Waals surface area contributed by atoms with Gasteiger partial charge >= 0.3 is 0 Å². The Hall–Kier alpha value is -0.950. The summed E-state index contributed by atoms with van der Waals surface area (Å²) in [5, 5.41) is 0. The maximum atomic E-state index is 12.0. The Balaban J connectivity index is 1.71. The molecule has 111 valence electrons. The molecule has 1 aromatic rings. The van der Waals surface area contributed by atoms with E-state index in [9.17, 15) is 8.42 Å². The summed E-state index contributed by atoms with van der Waals surface area (Å²) >= 11 is 0. The molecule has 1 aromatic carbocycles. The van der Waals surface area contributed by atoms with Gasteiger partial charge in [-0.2, -0.15) is 0 Å². The van der Waals surface area contributed by atoms with Gasteiger partial charge in [-0.05, 0) is 38.2 Å². The number of rotatable bonds is 6. The average molecular weight is 296 g/mol. The molecule has 1 saturated heterocycles. The number of hydrogen-bond donors (Lipinski definition) is 1. The van der Waals surface area contributed by atoms with Gasteiger partial charge in [0.25, 0.3) is 0 Å². The van der Waals surface area contributed by atoms with Crippen LogP contribution in [0.2, 0.25) is 0 Å². The monoisotopic (exact) mass is 296 g/mol. The summed E-state index contributed by atoms with van der Waals surface area (Å²) in [6.45, 7) is 5.74. The number of hydrogen-bond acceptors (Lipinski definition) is 4. The molecule has 1 radical (unpaired) electrons. The number of sulfonamides is 1. The van der Waals surface area contributed by atoms with Crippen LogP contribution in [-0.4, -0.2) is 64.5 Å². The molecule has 1 fully saturated rings. The van der Waals surface area contributed by atoms with Crippen molar-refractivity contribution >= 4 is 10.0 Å². The molecule has 0 spiro atoms. The van der Waals surface area contributed by atoms with Crippen LogP contribution >= 0.6 is 0 Å². The molecule has 0 aromatic heterocycles. The zero-order valence-corrected chi connectivity index (χ0v) is 12.7. The van der Waals surface area contributed by atoms with E-state index in [2.05, 4.69) is 27.6 Å². The number of nitrogens with zero attached hydrogens (tertiary/aromatic N) is 2. The normalized spacial score (nSPS) is 18.2. The summed E-state index contributed by atoms with van der Waals surface area (Å²) in [7, 11) is -1.24. The largest absolute Gasteiger partial charge is 0.304 e. The lowest BCUT2D eigenvalue weighted by atomic mass is 10.3. The molecule has 1 aliphatic heterocycles. The second-order valence-electron chi connectivity index (χ2n) is 5.13. The van der Waals surface area contributed by atoms with Gasteiger partial charge in [0.05, 0.1) is 4.90 Å². The highest BCUT2D eigenvalue weighted by Gasteiger charge is 2.15. The minimum absolute atomic E-state index is 0.302. The van der Waals surface area contributed by atoms with Crippen LogP contribution in [0.3, 0.4) is 0 Å². The molecule has 6 heteroatoms. The fourth-order valence-electron chi connectivity index (χ4n) is 2.21. The van der Waals surface area contributed by atoms with Crippen LogP contribution in [0, 0.1) is 6.07 Å². The van der Waals surface area contributed by atoms with E-state index in [1.165, 1.54) is 0 Å². The molecule has 1 N–H and O–H groups in total. The van der Waals surface area contributed by atoms with E-state index in [0.29, 0.717) is 11.4 Å². The van der Waals surface area contributed by atoms with Crippen LogP contribution in [0.25, 0.3) is 0 Å². The number of piperazine rings is 1. The third kappa shape index (κ3) is 4.56.